The number of amides is 2. The fourth-order valence-corrected chi connectivity index (χ4v) is 2.82. The summed E-state index contributed by atoms with van der Waals surface area (Å²) in [5.74, 6) is 1.25. The number of nitrogens with one attached hydrogen (secondary N) is 1. The summed E-state index contributed by atoms with van der Waals surface area (Å²) in [5, 5.41) is 6.95. The van der Waals surface area contributed by atoms with E-state index < -0.39 is 0 Å². The fraction of sp³-hybridized carbons (Fsp3) is 0.500. The summed E-state index contributed by atoms with van der Waals surface area (Å²) in [4.78, 5) is 18.2. The van der Waals surface area contributed by atoms with E-state index in [1.807, 2.05) is 42.2 Å². The van der Waals surface area contributed by atoms with Crippen LogP contribution in [0.15, 0.2) is 34.9 Å². The molecule has 1 aliphatic rings. The summed E-state index contributed by atoms with van der Waals surface area (Å²) < 4.78 is 10.9. The Morgan fingerprint density at radius 1 is 1.36 bits per heavy atom. The molecule has 1 N–H and O–H groups in total. The molecule has 2 aromatic rings. The van der Waals surface area contributed by atoms with Gasteiger partial charge in [0.05, 0.1) is 6.61 Å². The van der Waals surface area contributed by atoms with Crippen LogP contribution in [0.5, 0.6) is 0 Å². The molecule has 1 fully saturated rings. The van der Waals surface area contributed by atoms with Crippen molar-refractivity contribution < 1.29 is 14.1 Å². The van der Waals surface area contributed by atoms with Gasteiger partial charge in [0, 0.05) is 25.6 Å². The highest BCUT2D eigenvalue weighted by atomic mass is 16.5. The van der Waals surface area contributed by atoms with Gasteiger partial charge in [0.1, 0.15) is 6.61 Å². The smallest absolute Gasteiger partial charge is 0.317 e. The normalized spacial score (nSPS) is 17.0. The van der Waals surface area contributed by atoms with E-state index in [9.17, 15) is 4.79 Å². The van der Waals surface area contributed by atoms with Gasteiger partial charge in [-0.25, -0.2) is 4.79 Å². The molecule has 3 rings (SSSR count). The molecule has 0 radical (unpaired) electrons. The van der Waals surface area contributed by atoms with Crippen LogP contribution in [0.1, 0.15) is 43.0 Å². The van der Waals surface area contributed by atoms with Crippen molar-refractivity contribution in [3.63, 3.8) is 0 Å². The Labute approximate surface area is 147 Å². The molecule has 0 spiro atoms. The standard InChI is InChI=1S/C18H24N4O3/c1-2-9-19-18(23)22-10-8-15(11-22)17-20-16(25-21-17)13-24-12-14-6-4-3-5-7-14/h3-7,15H,2,8-13H2,1H3,(H,19,23). The minimum Gasteiger partial charge on any atom is -0.367 e. The molecule has 25 heavy (non-hydrogen) atoms. The first-order valence-electron chi connectivity index (χ1n) is 8.73. The molecule has 1 atom stereocenters. The molecule has 1 saturated heterocycles. The summed E-state index contributed by atoms with van der Waals surface area (Å²) in [6.45, 7) is 4.87. The summed E-state index contributed by atoms with van der Waals surface area (Å²) in [7, 11) is 0. The first-order chi connectivity index (χ1) is 12.3. The van der Waals surface area contributed by atoms with E-state index in [1.54, 1.807) is 0 Å². The SMILES string of the molecule is CCCNC(=O)N1CCC(c2noc(COCc3ccccc3)n2)C1. The number of urea groups is 1. The largest absolute Gasteiger partial charge is 0.367 e. The monoisotopic (exact) mass is 344 g/mol. The topological polar surface area (TPSA) is 80.5 Å². The average molecular weight is 344 g/mol. The second kappa shape index (κ2) is 8.62. The van der Waals surface area contributed by atoms with E-state index in [2.05, 4.69) is 15.5 Å². The highest BCUT2D eigenvalue weighted by Crippen LogP contribution is 2.25. The van der Waals surface area contributed by atoms with E-state index in [0.717, 1.165) is 18.4 Å². The summed E-state index contributed by atoms with van der Waals surface area (Å²) in [5.41, 5.74) is 1.10. The van der Waals surface area contributed by atoms with E-state index >= 15 is 0 Å². The molecule has 1 unspecified atom stereocenters. The number of rotatable bonds is 7. The van der Waals surface area contributed by atoms with Gasteiger partial charge in [0.2, 0.25) is 0 Å². The Balaban J connectivity index is 1.46. The van der Waals surface area contributed by atoms with E-state index in [-0.39, 0.29) is 18.6 Å². The van der Waals surface area contributed by atoms with Crippen LogP contribution in [0.2, 0.25) is 0 Å². The number of benzene rings is 1. The Morgan fingerprint density at radius 3 is 3.00 bits per heavy atom. The molecule has 0 bridgehead atoms. The van der Waals surface area contributed by atoms with Gasteiger partial charge in [-0.3, -0.25) is 0 Å². The highest BCUT2D eigenvalue weighted by molar-refractivity contribution is 5.74. The number of hydrogen-bond acceptors (Lipinski definition) is 5. The van der Waals surface area contributed by atoms with Crippen molar-refractivity contribution in [1.29, 1.82) is 0 Å². The van der Waals surface area contributed by atoms with Crippen LogP contribution in [-0.4, -0.2) is 40.7 Å². The first-order valence-corrected chi connectivity index (χ1v) is 8.73. The van der Waals surface area contributed by atoms with E-state index in [1.165, 1.54) is 0 Å². The van der Waals surface area contributed by atoms with E-state index in [4.69, 9.17) is 9.26 Å². The van der Waals surface area contributed by atoms with Crippen LogP contribution < -0.4 is 5.32 Å². The summed E-state index contributed by atoms with van der Waals surface area (Å²) >= 11 is 0. The zero-order chi connectivity index (χ0) is 17.5. The first kappa shape index (κ1) is 17.4. The van der Waals surface area contributed by atoms with Crippen molar-refractivity contribution in [1.82, 2.24) is 20.4 Å². The Kier molecular flexibility index (Phi) is 6.00. The number of hydrogen-bond donors (Lipinski definition) is 1. The predicted molar refractivity (Wildman–Crippen MR) is 91.9 cm³/mol. The lowest BCUT2D eigenvalue weighted by molar-refractivity contribution is 0.0850. The molecule has 134 valence electrons. The Morgan fingerprint density at radius 2 is 2.20 bits per heavy atom. The minimum atomic E-state index is -0.0146. The fourth-order valence-electron chi connectivity index (χ4n) is 2.82. The maximum atomic E-state index is 12.0. The summed E-state index contributed by atoms with van der Waals surface area (Å²) in [6, 6.07) is 9.93. The number of nitrogens with zero attached hydrogens (tertiary/aromatic N) is 3. The molecule has 2 amide bonds. The van der Waals surface area contributed by atoms with Crippen LogP contribution in [0.3, 0.4) is 0 Å². The van der Waals surface area contributed by atoms with Crippen molar-refractivity contribution in [2.45, 2.75) is 38.9 Å². The van der Waals surface area contributed by atoms with Crippen molar-refractivity contribution in [3.05, 3.63) is 47.6 Å². The minimum absolute atomic E-state index is 0.0146. The molecular weight excluding hydrogens is 320 g/mol. The van der Waals surface area contributed by atoms with Crippen LogP contribution in [0, 0.1) is 0 Å². The Bertz CT molecular complexity index is 674. The second-order valence-corrected chi connectivity index (χ2v) is 6.19. The number of likely N-dealkylation sites (tertiary alicyclic amines) is 1. The van der Waals surface area contributed by atoms with Crippen LogP contribution in [0.25, 0.3) is 0 Å². The lowest BCUT2D eigenvalue weighted by Crippen LogP contribution is -2.38. The van der Waals surface area contributed by atoms with Gasteiger partial charge in [0.15, 0.2) is 5.82 Å². The number of carbonyl (C=O) groups excluding carboxylic acids is 1. The summed E-state index contributed by atoms with van der Waals surface area (Å²) in [6.07, 6.45) is 1.78. The molecule has 1 aromatic heterocycles. The van der Waals surface area contributed by atoms with Gasteiger partial charge in [-0.2, -0.15) is 4.98 Å². The van der Waals surface area contributed by atoms with Crippen LogP contribution >= 0.6 is 0 Å². The average Bonchev–Trinajstić information content (AvgIpc) is 3.30. The van der Waals surface area contributed by atoms with Gasteiger partial charge in [-0.1, -0.05) is 42.4 Å². The van der Waals surface area contributed by atoms with Gasteiger partial charge >= 0.3 is 6.03 Å². The van der Waals surface area contributed by atoms with Crippen molar-refractivity contribution in [2.75, 3.05) is 19.6 Å². The lowest BCUT2D eigenvalue weighted by atomic mass is 10.1. The third-order valence-corrected chi connectivity index (χ3v) is 4.19. The van der Waals surface area contributed by atoms with Gasteiger partial charge in [-0.05, 0) is 18.4 Å². The van der Waals surface area contributed by atoms with Gasteiger partial charge in [-0.15, -0.1) is 0 Å². The zero-order valence-electron chi connectivity index (χ0n) is 14.5. The van der Waals surface area contributed by atoms with Crippen LogP contribution in [-0.2, 0) is 18.0 Å². The lowest BCUT2D eigenvalue weighted by Gasteiger charge is -2.16. The molecule has 1 aliphatic heterocycles. The number of ether oxygens (including phenoxy) is 1. The highest BCUT2D eigenvalue weighted by Gasteiger charge is 2.30. The zero-order valence-corrected chi connectivity index (χ0v) is 14.5. The van der Waals surface area contributed by atoms with Crippen LogP contribution in [0.4, 0.5) is 4.79 Å². The third kappa shape index (κ3) is 4.79. The van der Waals surface area contributed by atoms with Crippen molar-refractivity contribution in [3.8, 4) is 0 Å². The van der Waals surface area contributed by atoms with E-state index in [0.29, 0.717) is 38.0 Å². The Hall–Kier alpha value is -2.41. The second-order valence-electron chi connectivity index (χ2n) is 6.19. The molecule has 7 heteroatoms. The van der Waals surface area contributed by atoms with Crippen molar-refractivity contribution >= 4 is 6.03 Å². The van der Waals surface area contributed by atoms with Crippen molar-refractivity contribution in [2.24, 2.45) is 0 Å². The number of carbonyl (C=O) groups is 1. The quantitative estimate of drug-likeness (QED) is 0.835. The maximum Gasteiger partial charge on any atom is 0.317 e. The molecule has 1 aromatic carbocycles. The van der Waals surface area contributed by atoms with Gasteiger partial charge in [0.25, 0.3) is 5.89 Å². The molecule has 0 aliphatic carbocycles. The predicted octanol–water partition coefficient (Wildman–Crippen LogP) is 2.70. The maximum absolute atomic E-state index is 12.0. The molecular formula is C18H24N4O3. The molecule has 0 saturated carbocycles. The molecule has 7 nitrogen and oxygen atoms in total. The number of aromatic nitrogens is 2. The third-order valence-electron chi connectivity index (χ3n) is 4.19. The molecule has 2 heterocycles. The van der Waals surface area contributed by atoms with Gasteiger partial charge < -0.3 is 19.5 Å².